The molecule has 6 heteroatoms. The Kier molecular flexibility index (Phi) is 6.46. The molecule has 3 fully saturated rings. The van der Waals surface area contributed by atoms with Crippen LogP contribution in [0.4, 0.5) is 4.79 Å². The fraction of sp³-hybridized carbons (Fsp3) is 0.630. The number of likely N-dealkylation sites (tertiary alicyclic amines) is 2. The van der Waals surface area contributed by atoms with Crippen LogP contribution in [-0.2, 0) is 16.0 Å². The molecule has 2 atom stereocenters. The number of carbonyl (C=O) groups excluding carboxylic acids is 2. The van der Waals surface area contributed by atoms with Gasteiger partial charge in [0.15, 0.2) is 5.60 Å². The molecule has 1 aromatic rings. The van der Waals surface area contributed by atoms with Crippen LogP contribution in [0.25, 0.3) is 5.57 Å². The summed E-state index contributed by atoms with van der Waals surface area (Å²) in [6.07, 6.45) is 10.7. The van der Waals surface area contributed by atoms with Crippen LogP contribution >= 0.6 is 0 Å². The van der Waals surface area contributed by atoms with E-state index in [2.05, 4.69) is 35.2 Å². The van der Waals surface area contributed by atoms with Crippen molar-refractivity contribution in [2.24, 2.45) is 17.6 Å². The maximum atomic E-state index is 13.0. The van der Waals surface area contributed by atoms with Gasteiger partial charge in [0, 0.05) is 25.6 Å². The average Bonchev–Trinajstić information content (AvgIpc) is 3.58. The highest BCUT2D eigenvalue weighted by Gasteiger charge is 2.46. The van der Waals surface area contributed by atoms with Crippen molar-refractivity contribution in [1.82, 2.24) is 9.80 Å². The molecule has 33 heavy (non-hydrogen) atoms. The van der Waals surface area contributed by atoms with Gasteiger partial charge < -0.3 is 20.3 Å². The molecule has 178 valence electrons. The van der Waals surface area contributed by atoms with Crippen LogP contribution < -0.4 is 5.73 Å². The fourth-order valence-corrected chi connectivity index (χ4v) is 6.34. The van der Waals surface area contributed by atoms with E-state index < -0.39 is 11.5 Å². The molecule has 2 unspecified atom stereocenters. The molecule has 1 aromatic carbocycles. The molecule has 0 bridgehead atoms. The summed E-state index contributed by atoms with van der Waals surface area (Å²) in [7, 11) is 0. The van der Waals surface area contributed by atoms with Gasteiger partial charge in [-0.15, -0.1) is 0 Å². The number of primary amides is 1. The van der Waals surface area contributed by atoms with E-state index in [9.17, 15) is 9.59 Å². The van der Waals surface area contributed by atoms with Gasteiger partial charge in [-0.1, -0.05) is 30.3 Å². The van der Waals surface area contributed by atoms with Crippen molar-refractivity contribution < 1.29 is 14.3 Å². The third kappa shape index (κ3) is 4.68. The Morgan fingerprint density at radius 1 is 1.03 bits per heavy atom. The highest BCUT2D eigenvalue weighted by Crippen LogP contribution is 2.42. The number of carbonyl (C=O) groups is 2. The summed E-state index contributed by atoms with van der Waals surface area (Å²) in [5, 5.41) is 0. The van der Waals surface area contributed by atoms with Crippen molar-refractivity contribution in [3.8, 4) is 0 Å². The smallest absolute Gasteiger partial charge is 0.410 e. The predicted octanol–water partition coefficient (Wildman–Crippen LogP) is 3.98. The lowest BCUT2D eigenvalue weighted by molar-refractivity contribution is -0.137. The molecular formula is C27H37N3O3. The molecule has 2 aliphatic carbocycles. The largest absolute Gasteiger partial charge is 0.433 e. The van der Waals surface area contributed by atoms with Gasteiger partial charge in [0.1, 0.15) is 0 Å². The van der Waals surface area contributed by atoms with Gasteiger partial charge in [-0.25, -0.2) is 4.79 Å². The predicted molar refractivity (Wildman–Crippen MR) is 128 cm³/mol. The Hall–Kier alpha value is -2.34. The Labute approximate surface area is 197 Å². The number of benzene rings is 1. The van der Waals surface area contributed by atoms with E-state index in [1.807, 2.05) is 4.90 Å². The summed E-state index contributed by atoms with van der Waals surface area (Å²) >= 11 is 0. The van der Waals surface area contributed by atoms with Crippen molar-refractivity contribution in [3.63, 3.8) is 0 Å². The lowest BCUT2D eigenvalue weighted by Crippen LogP contribution is -2.48. The number of fused-ring (bicyclic) bond motifs is 1. The second-order valence-electron chi connectivity index (χ2n) is 10.4. The number of allylic oxidation sites excluding steroid dienone is 1. The Morgan fingerprint density at radius 3 is 2.45 bits per heavy atom. The summed E-state index contributed by atoms with van der Waals surface area (Å²) < 4.78 is 5.77. The minimum absolute atomic E-state index is 0.329. The number of ether oxygens (including phenoxy) is 1. The van der Waals surface area contributed by atoms with Gasteiger partial charge in [-0.3, -0.25) is 4.79 Å². The maximum Gasteiger partial charge on any atom is 0.410 e. The lowest BCUT2D eigenvalue weighted by atomic mass is 9.78. The maximum absolute atomic E-state index is 13.0. The molecule has 4 aliphatic rings. The molecule has 2 N–H and O–H groups in total. The summed E-state index contributed by atoms with van der Waals surface area (Å²) in [6.45, 7) is 4.99. The van der Waals surface area contributed by atoms with E-state index in [4.69, 9.17) is 10.5 Å². The van der Waals surface area contributed by atoms with E-state index in [-0.39, 0.29) is 6.09 Å². The van der Waals surface area contributed by atoms with E-state index in [0.717, 1.165) is 38.6 Å². The second kappa shape index (κ2) is 9.49. The zero-order valence-electron chi connectivity index (χ0n) is 19.6. The first-order valence-corrected chi connectivity index (χ1v) is 12.8. The second-order valence-corrected chi connectivity index (χ2v) is 10.4. The van der Waals surface area contributed by atoms with Gasteiger partial charge in [0.25, 0.3) is 5.91 Å². The van der Waals surface area contributed by atoms with Crippen LogP contribution in [0.3, 0.4) is 0 Å². The van der Waals surface area contributed by atoms with Crippen molar-refractivity contribution in [1.29, 1.82) is 0 Å². The number of hydrogen-bond donors (Lipinski definition) is 1. The van der Waals surface area contributed by atoms with Crippen LogP contribution in [0, 0.1) is 11.8 Å². The minimum Gasteiger partial charge on any atom is -0.433 e. The topological polar surface area (TPSA) is 75.9 Å². The van der Waals surface area contributed by atoms with Gasteiger partial charge in [0.2, 0.25) is 0 Å². The molecule has 6 nitrogen and oxygen atoms in total. The van der Waals surface area contributed by atoms with E-state index >= 15 is 0 Å². The fourth-order valence-electron chi connectivity index (χ4n) is 6.34. The van der Waals surface area contributed by atoms with E-state index in [1.165, 1.54) is 42.6 Å². The van der Waals surface area contributed by atoms with Crippen LogP contribution in [0.15, 0.2) is 30.3 Å². The third-order valence-electron chi connectivity index (χ3n) is 8.35. The van der Waals surface area contributed by atoms with Crippen molar-refractivity contribution in [3.05, 3.63) is 41.5 Å². The van der Waals surface area contributed by atoms with Gasteiger partial charge in [-0.05, 0) is 93.5 Å². The number of nitrogens with zero attached hydrogens (tertiary/aromatic N) is 2. The standard InChI is InChI=1S/C27H37N3O3/c28-25(31)27(13-1-2-14-27)33-26(32)30-18-22-6-5-7-23(24(22)19-30)21-10-8-20(9-11-21)12-17-29-15-3-4-16-29/h7-11,22,24H,1-6,12-19H2,(H2,28,31). The summed E-state index contributed by atoms with van der Waals surface area (Å²) in [6, 6.07) is 9.06. The number of amides is 2. The quantitative estimate of drug-likeness (QED) is 0.710. The zero-order chi connectivity index (χ0) is 22.8. The molecular weight excluding hydrogens is 414 g/mol. The minimum atomic E-state index is -1.10. The highest BCUT2D eigenvalue weighted by atomic mass is 16.6. The third-order valence-corrected chi connectivity index (χ3v) is 8.35. The molecule has 0 spiro atoms. The number of hydrogen-bond acceptors (Lipinski definition) is 4. The monoisotopic (exact) mass is 451 g/mol. The van der Waals surface area contributed by atoms with E-state index in [0.29, 0.717) is 37.8 Å². The molecule has 2 aliphatic heterocycles. The summed E-state index contributed by atoms with van der Waals surface area (Å²) in [5.74, 6) is 0.269. The summed E-state index contributed by atoms with van der Waals surface area (Å²) in [4.78, 5) is 29.4. The average molecular weight is 452 g/mol. The molecule has 2 amide bonds. The van der Waals surface area contributed by atoms with Crippen LogP contribution in [0.1, 0.15) is 62.5 Å². The van der Waals surface area contributed by atoms with Crippen LogP contribution in [0.2, 0.25) is 0 Å². The Bertz CT molecular complexity index is 898. The van der Waals surface area contributed by atoms with Crippen molar-refractivity contribution in [2.75, 3.05) is 32.7 Å². The Morgan fingerprint density at radius 2 is 1.76 bits per heavy atom. The van der Waals surface area contributed by atoms with Crippen LogP contribution in [0.5, 0.6) is 0 Å². The van der Waals surface area contributed by atoms with Gasteiger partial charge in [-0.2, -0.15) is 0 Å². The highest BCUT2D eigenvalue weighted by molar-refractivity contribution is 5.86. The van der Waals surface area contributed by atoms with Crippen molar-refractivity contribution in [2.45, 2.75) is 63.4 Å². The van der Waals surface area contributed by atoms with Crippen LogP contribution in [-0.4, -0.2) is 60.1 Å². The number of rotatable bonds is 6. The molecule has 5 rings (SSSR count). The van der Waals surface area contributed by atoms with E-state index in [1.54, 1.807) is 0 Å². The van der Waals surface area contributed by atoms with Gasteiger partial charge in [0.05, 0.1) is 0 Å². The molecule has 1 saturated carbocycles. The first kappa shape index (κ1) is 22.5. The first-order chi connectivity index (χ1) is 16.0. The van der Waals surface area contributed by atoms with Crippen molar-refractivity contribution >= 4 is 17.6 Å². The molecule has 0 radical (unpaired) electrons. The summed E-state index contributed by atoms with van der Waals surface area (Å²) in [5.41, 5.74) is 8.54. The van der Waals surface area contributed by atoms with Gasteiger partial charge >= 0.3 is 6.09 Å². The molecule has 0 aromatic heterocycles. The first-order valence-electron chi connectivity index (χ1n) is 12.8. The zero-order valence-corrected chi connectivity index (χ0v) is 19.6. The molecule has 2 heterocycles. The lowest BCUT2D eigenvalue weighted by Gasteiger charge is -2.28. The molecule has 2 saturated heterocycles. The Balaban J connectivity index is 1.22. The number of nitrogens with two attached hydrogens (primary N) is 1. The SMILES string of the molecule is NC(=O)C1(OC(=O)N2CC3CCC=C(c4ccc(CCN5CCCC5)cc4)C3C2)CCCC1. The normalized spacial score (nSPS) is 26.8.